The molecule has 618 valence electrons. The van der Waals surface area contributed by atoms with Crippen LogP contribution >= 0.6 is 24.0 Å². The second kappa shape index (κ2) is 38.3. The molecule has 0 heterocycles. The fraction of sp³-hybridized carbons (Fsp3) is 0.505. The van der Waals surface area contributed by atoms with Crippen LogP contribution in [0, 0.1) is 72.4 Å². The number of aliphatic hydroxyl groups excluding tert-OH is 2. The lowest BCUT2D eigenvalue weighted by Crippen LogP contribution is -2.73. The van der Waals surface area contributed by atoms with Gasteiger partial charge in [0.15, 0.2) is 74.1 Å². The summed E-state index contributed by atoms with van der Waals surface area (Å²) in [4.78, 5) is 146. The highest BCUT2D eigenvalue weighted by Crippen LogP contribution is 2.69. The van der Waals surface area contributed by atoms with Crippen LogP contribution in [0.1, 0.15) is 289 Å². The molecule has 0 amide bonds. The van der Waals surface area contributed by atoms with E-state index >= 15 is 0 Å². The van der Waals surface area contributed by atoms with E-state index in [2.05, 4.69) is 18.2 Å². The van der Waals surface area contributed by atoms with E-state index in [-0.39, 0.29) is 124 Å². The molecule has 0 saturated heterocycles. The van der Waals surface area contributed by atoms with Gasteiger partial charge in [-0.15, -0.1) is 24.0 Å². The summed E-state index contributed by atoms with van der Waals surface area (Å²) >= 11 is 0. The third-order valence-electron chi connectivity index (χ3n) is 25.6. The quantitative estimate of drug-likeness (QED) is 0.0371. The number of allylic oxidation sites excluding steroid dienone is 22. The number of Topliss-reactive ketones (excluding diaryl/α,β-unsaturated/α-hetero) is 10. The Kier molecular flexibility index (Phi) is 33.0. The average Bonchev–Trinajstić information content (AvgIpc) is 0.683. The fourth-order valence-electron chi connectivity index (χ4n) is 18.7. The predicted molar refractivity (Wildman–Crippen MR) is 476 cm³/mol. The molecule has 9 rings (SSSR count). The molecule has 4 saturated carbocycles. The highest BCUT2D eigenvalue weighted by molar-refractivity contribution is 14.0. The minimum absolute atomic E-state index is 0. The zero-order valence-electron chi connectivity index (χ0n) is 71.5. The predicted octanol–water partition coefficient (Wildman–Crippen LogP) is 25.0. The van der Waals surface area contributed by atoms with E-state index in [0.717, 1.165) is 50.2 Å². The molecule has 114 heavy (non-hydrogen) atoms. The minimum Gasteiger partial charge on any atom is -0.511 e. The molecule has 2 N–H and O–H groups in total. The van der Waals surface area contributed by atoms with Gasteiger partial charge in [-0.1, -0.05) is 252 Å². The topological polar surface area (TPSA) is 211 Å². The highest BCUT2D eigenvalue weighted by Gasteiger charge is 2.79. The Hall–Kier alpha value is -8.17. The summed E-state index contributed by atoms with van der Waals surface area (Å²) in [7, 11) is 0. The number of rotatable bonds is 24. The number of ketones is 10. The van der Waals surface area contributed by atoms with Crippen LogP contribution in [0.4, 0.5) is 0 Å². The van der Waals surface area contributed by atoms with Crippen molar-refractivity contribution in [2.24, 2.45) is 72.4 Å². The van der Waals surface area contributed by atoms with Crippen LogP contribution in [0.15, 0.2) is 219 Å². The van der Waals surface area contributed by atoms with Gasteiger partial charge in [0.1, 0.15) is 11.5 Å². The van der Waals surface area contributed by atoms with Gasteiger partial charge in [0.2, 0.25) is 0 Å². The zero-order chi connectivity index (χ0) is 83.3. The molecule has 0 spiro atoms. The summed E-state index contributed by atoms with van der Waals surface area (Å²) in [5.74, 6) is -6.55. The molecule has 3 aromatic rings. The lowest BCUT2D eigenvalue weighted by Gasteiger charge is -2.60. The van der Waals surface area contributed by atoms with Crippen molar-refractivity contribution in [1.29, 1.82) is 0 Å². The number of carbonyl (C=O) groups excluding carboxylic acids is 10. The van der Waals surface area contributed by atoms with Gasteiger partial charge in [-0.3, -0.25) is 47.9 Å². The summed E-state index contributed by atoms with van der Waals surface area (Å²) in [6.45, 7) is 46.8. The molecule has 10 atom stereocenters. The van der Waals surface area contributed by atoms with Crippen molar-refractivity contribution < 1.29 is 58.2 Å². The number of carbonyl (C=O) groups is 10. The minimum atomic E-state index is -1.92. The smallest absolute Gasteiger partial charge is 0.184 e. The second-order valence-corrected chi connectivity index (χ2v) is 36.5. The first-order chi connectivity index (χ1) is 51.7. The van der Waals surface area contributed by atoms with E-state index < -0.39 is 107 Å². The first-order valence-corrected chi connectivity index (χ1v) is 39.9. The highest BCUT2D eigenvalue weighted by atomic mass is 127. The lowest BCUT2D eigenvalue weighted by atomic mass is 9.37. The van der Waals surface area contributed by atoms with Crippen LogP contribution in [0.2, 0.25) is 0 Å². The van der Waals surface area contributed by atoms with Crippen molar-refractivity contribution in [2.45, 2.75) is 258 Å². The zero-order valence-corrected chi connectivity index (χ0v) is 73.9. The number of hydrogen-bond acceptors (Lipinski definition) is 12. The Morgan fingerprint density at radius 3 is 0.851 bits per heavy atom. The second-order valence-electron chi connectivity index (χ2n) is 36.5. The van der Waals surface area contributed by atoms with Crippen LogP contribution in [-0.2, 0) is 33.6 Å². The molecular weight excluding hydrogens is 1530 g/mol. The van der Waals surface area contributed by atoms with Crippen LogP contribution in [0.25, 0.3) is 0 Å². The van der Waals surface area contributed by atoms with Gasteiger partial charge in [-0.2, -0.15) is 0 Å². The number of halogens is 1. The molecule has 4 unspecified atom stereocenters. The summed E-state index contributed by atoms with van der Waals surface area (Å²) < 4.78 is 0. The number of benzene rings is 3. The molecule has 4 fully saturated rings. The molecule has 6 aliphatic rings. The van der Waals surface area contributed by atoms with E-state index in [0.29, 0.717) is 55.2 Å². The van der Waals surface area contributed by atoms with Crippen LogP contribution in [0.5, 0.6) is 0 Å². The molecule has 6 aliphatic carbocycles. The standard InChI is InChI=1S/3C33H42O4.2CH4.HI/c3*1-21(2)14-16-25-20-32(19-18-23(5)6)28(35)26(17-15-22(3)4)29(36)33(30(32)37,31(25,7)8)27(34)24-12-10-9-11-13-24;;;/h2*9-15,18,25,35H,16-17,19-20H2,1-8H3;9-15,18,25-26H,16-17,19-20H2,1-8H3;2*1H4;1H/t2*25?,32-,33+;25?,26?,32-,33+;;;/m000.../s1. The average molecular weight is 1670 g/mol. The molecule has 3 aromatic carbocycles. The van der Waals surface area contributed by atoms with Crippen molar-refractivity contribution >= 4 is 81.8 Å². The van der Waals surface area contributed by atoms with Gasteiger partial charge in [0.05, 0.1) is 22.2 Å². The van der Waals surface area contributed by atoms with Gasteiger partial charge in [-0.25, -0.2) is 0 Å². The third kappa shape index (κ3) is 17.6. The van der Waals surface area contributed by atoms with E-state index in [1.165, 1.54) is 0 Å². The van der Waals surface area contributed by atoms with Gasteiger partial charge in [-0.05, 0) is 236 Å². The van der Waals surface area contributed by atoms with Gasteiger partial charge in [0, 0.05) is 27.8 Å². The van der Waals surface area contributed by atoms with Crippen molar-refractivity contribution in [3.8, 4) is 0 Å². The van der Waals surface area contributed by atoms with Crippen molar-refractivity contribution in [3.63, 3.8) is 0 Å². The lowest BCUT2D eigenvalue weighted by molar-refractivity contribution is -0.179. The van der Waals surface area contributed by atoms with Gasteiger partial charge < -0.3 is 10.2 Å². The fourth-order valence-corrected chi connectivity index (χ4v) is 18.7. The Morgan fingerprint density at radius 1 is 0.333 bits per heavy atom. The van der Waals surface area contributed by atoms with E-state index in [4.69, 9.17) is 0 Å². The molecule has 12 nitrogen and oxygen atoms in total. The normalized spacial score (nSPS) is 26.4. The summed E-state index contributed by atoms with van der Waals surface area (Å²) in [6.07, 6.45) is 22.1. The number of fused-ring (bicyclic) bond motifs is 6. The summed E-state index contributed by atoms with van der Waals surface area (Å²) in [6, 6.07) is 26.0. The maximum Gasteiger partial charge on any atom is 0.184 e. The Balaban J connectivity index is 0.000000356. The van der Waals surface area contributed by atoms with Crippen LogP contribution < -0.4 is 0 Å². The Morgan fingerprint density at radius 2 is 0.570 bits per heavy atom. The SMILES string of the molecule is C.C.CC(C)=CCC1=C(O)[C@]2(CC=C(C)C)CC(CC=C(C)C)C(C)(C)[C@](C(=O)c3ccccc3)(C1=O)C2=O.CC(C)=CCC1=C(O)[C@]2(CC=C(C)C)CC(CC=C(C)C)C(C)(C)[C@](C(=O)c3ccccc3)(C1=O)C2=O.CC(C)=CCC1C(=O)[C@]2(CC=C(C)C)CC(CC=C(C)C)C(C)(C)[C@](C(=O)c3ccccc3)(C1=O)C2=O.I. The van der Waals surface area contributed by atoms with E-state index in [1.807, 2.05) is 221 Å². The van der Waals surface area contributed by atoms with Crippen molar-refractivity contribution in [1.82, 2.24) is 0 Å². The Bertz CT molecular complexity index is 4340. The molecule has 6 bridgehead atoms. The van der Waals surface area contributed by atoms with Crippen LogP contribution in [0.3, 0.4) is 0 Å². The third-order valence-corrected chi connectivity index (χ3v) is 25.6. The van der Waals surface area contributed by atoms with E-state index in [9.17, 15) is 58.2 Å². The molecule has 0 aliphatic heterocycles. The van der Waals surface area contributed by atoms with Crippen molar-refractivity contribution in [3.05, 3.63) is 235 Å². The first kappa shape index (κ1) is 98.2. The van der Waals surface area contributed by atoms with E-state index in [1.54, 1.807) is 72.8 Å². The van der Waals surface area contributed by atoms with Gasteiger partial charge >= 0.3 is 0 Å². The maximum absolute atomic E-state index is 14.8. The Labute approximate surface area is 701 Å². The van der Waals surface area contributed by atoms with Crippen LogP contribution in [-0.4, -0.2) is 68.0 Å². The molecule has 0 radical (unpaired) electrons. The maximum atomic E-state index is 14.8. The monoisotopic (exact) mass is 1670 g/mol. The number of hydrogen-bond donors (Lipinski definition) is 2. The first-order valence-electron chi connectivity index (χ1n) is 39.9. The van der Waals surface area contributed by atoms with Crippen molar-refractivity contribution in [2.75, 3.05) is 0 Å². The molecule has 0 aromatic heterocycles. The summed E-state index contributed by atoms with van der Waals surface area (Å²) in [5.41, 5.74) is -1.87. The largest absolute Gasteiger partial charge is 0.511 e. The summed E-state index contributed by atoms with van der Waals surface area (Å²) in [5, 5.41) is 23.6. The van der Waals surface area contributed by atoms with Gasteiger partial charge in [0.25, 0.3) is 0 Å². The number of aliphatic hydroxyl groups is 2. The molecular formula is C101H135IO12. The molecule has 13 heteroatoms.